The van der Waals surface area contributed by atoms with E-state index in [-0.39, 0.29) is 11.6 Å². The summed E-state index contributed by atoms with van der Waals surface area (Å²) in [6.45, 7) is 0. The second kappa shape index (κ2) is 6.40. The third-order valence-electron chi connectivity index (χ3n) is 4.24. The highest BCUT2D eigenvalue weighted by atomic mass is 32.2. The van der Waals surface area contributed by atoms with Crippen LogP contribution in [0.5, 0.6) is 0 Å². The third kappa shape index (κ3) is 2.68. The van der Waals surface area contributed by atoms with E-state index < -0.39 is 23.2 Å². The summed E-state index contributed by atoms with van der Waals surface area (Å²) in [7, 11) is 1.29. The molecule has 1 spiro atoms. The Morgan fingerprint density at radius 1 is 1.50 bits per heavy atom. The van der Waals surface area contributed by atoms with Crippen molar-refractivity contribution < 1.29 is 14.3 Å². The molecule has 0 aromatic rings. The molecular formula is C14H18N4O3S. The Kier molecular flexibility index (Phi) is 4.76. The van der Waals surface area contributed by atoms with Crippen LogP contribution in [0.25, 0.3) is 0 Å². The Bertz CT molecular complexity index is 600. The van der Waals surface area contributed by atoms with Gasteiger partial charge in [-0.3, -0.25) is 9.59 Å². The molecule has 1 aliphatic heterocycles. The summed E-state index contributed by atoms with van der Waals surface area (Å²) in [4.78, 5) is 27.6. The lowest BCUT2D eigenvalue weighted by Gasteiger charge is -2.38. The molecule has 4 N–H and O–H groups in total. The number of rotatable bonds is 3. The van der Waals surface area contributed by atoms with Crippen LogP contribution in [0, 0.1) is 22.7 Å². The number of hydrogen-bond acceptors (Lipinski definition) is 7. The first kappa shape index (κ1) is 16.4. The van der Waals surface area contributed by atoms with Gasteiger partial charge in [0.2, 0.25) is 5.91 Å². The summed E-state index contributed by atoms with van der Waals surface area (Å²) in [6, 6.07) is 2.11. The minimum atomic E-state index is -0.716. The number of primary amides is 1. The van der Waals surface area contributed by atoms with Crippen LogP contribution in [0.15, 0.2) is 16.4 Å². The van der Waals surface area contributed by atoms with Crippen LogP contribution < -0.4 is 11.5 Å². The van der Waals surface area contributed by atoms with Gasteiger partial charge in [-0.1, -0.05) is 24.6 Å². The van der Waals surface area contributed by atoms with Gasteiger partial charge in [0.15, 0.2) is 0 Å². The summed E-state index contributed by atoms with van der Waals surface area (Å²) in [5.74, 6) is -1.55. The number of amides is 1. The molecule has 118 valence electrons. The van der Waals surface area contributed by atoms with Crippen molar-refractivity contribution >= 4 is 28.7 Å². The Labute approximate surface area is 132 Å². The van der Waals surface area contributed by atoms with Crippen molar-refractivity contribution in [2.24, 2.45) is 27.8 Å². The zero-order valence-corrected chi connectivity index (χ0v) is 13.1. The molecule has 1 saturated carbocycles. The van der Waals surface area contributed by atoms with E-state index >= 15 is 0 Å². The van der Waals surface area contributed by atoms with Crippen molar-refractivity contribution in [3.05, 3.63) is 11.4 Å². The van der Waals surface area contributed by atoms with Gasteiger partial charge in [-0.05, 0) is 12.8 Å². The molecule has 1 aliphatic carbocycles. The molecular weight excluding hydrogens is 304 g/mol. The van der Waals surface area contributed by atoms with Gasteiger partial charge in [-0.15, -0.1) is 0 Å². The number of nitrogens with two attached hydrogens (primary N) is 2. The molecule has 7 nitrogen and oxygen atoms in total. The zero-order chi connectivity index (χ0) is 16.3. The molecule has 0 aromatic heterocycles. The van der Waals surface area contributed by atoms with E-state index in [1.54, 1.807) is 0 Å². The maximum Gasteiger partial charge on any atom is 0.316 e. The fourth-order valence-electron chi connectivity index (χ4n) is 3.29. The monoisotopic (exact) mass is 322 g/mol. The Morgan fingerprint density at radius 2 is 2.14 bits per heavy atom. The van der Waals surface area contributed by atoms with Gasteiger partial charge in [0.1, 0.15) is 5.82 Å². The standard InChI is InChI=1S/C14H18N4O3S/c1-21-9(19)7-22-13-10(12(17)20)14(4-2-3-5-14)8(6-15)11(16)18-13/h10H,2-5,7,16H2,1H3,(H2,17,20). The number of thioether (sulfide) groups is 1. The van der Waals surface area contributed by atoms with Crippen LogP contribution in [0.2, 0.25) is 0 Å². The van der Waals surface area contributed by atoms with Gasteiger partial charge >= 0.3 is 5.97 Å². The topological polar surface area (TPSA) is 132 Å². The van der Waals surface area contributed by atoms with E-state index in [1.807, 2.05) is 0 Å². The molecule has 22 heavy (non-hydrogen) atoms. The SMILES string of the molecule is COC(=O)CSC1=NC(N)=C(C#N)C2(CCCC2)C1C(N)=O. The number of nitrogens with zero attached hydrogens (tertiary/aromatic N) is 2. The lowest BCUT2D eigenvalue weighted by Crippen LogP contribution is -2.46. The summed E-state index contributed by atoms with van der Waals surface area (Å²) >= 11 is 1.09. The maximum absolute atomic E-state index is 12.0. The molecule has 0 bridgehead atoms. The first-order chi connectivity index (χ1) is 10.5. The van der Waals surface area contributed by atoms with Crippen molar-refractivity contribution in [2.75, 3.05) is 12.9 Å². The van der Waals surface area contributed by atoms with Crippen LogP contribution in [0.4, 0.5) is 0 Å². The molecule has 1 unspecified atom stereocenters. The van der Waals surface area contributed by atoms with E-state index in [4.69, 9.17) is 11.5 Å². The van der Waals surface area contributed by atoms with Crippen LogP contribution >= 0.6 is 11.8 Å². The van der Waals surface area contributed by atoms with Crippen molar-refractivity contribution in [3.63, 3.8) is 0 Å². The Balaban J connectivity index is 2.43. The molecule has 2 aliphatic rings. The first-order valence-electron chi connectivity index (χ1n) is 6.94. The highest BCUT2D eigenvalue weighted by Gasteiger charge is 2.52. The molecule has 0 saturated heterocycles. The first-order valence-corrected chi connectivity index (χ1v) is 7.92. The second-order valence-electron chi connectivity index (χ2n) is 5.39. The van der Waals surface area contributed by atoms with Crippen molar-refractivity contribution in [1.82, 2.24) is 0 Å². The van der Waals surface area contributed by atoms with E-state index in [0.717, 1.165) is 24.6 Å². The fraction of sp³-hybridized carbons (Fsp3) is 0.571. The van der Waals surface area contributed by atoms with Gasteiger partial charge in [0, 0.05) is 5.41 Å². The molecule has 1 atom stereocenters. The maximum atomic E-state index is 12.0. The largest absolute Gasteiger partial charge is 0.468 e. The van der Waals surface area contributed by atoms with Crippen molar-refractivity contribution in [1.29, 1.82) is 5.26 Å². The van der Waals surface area contributed by atoms with Crippen LogP contribution in [-0.4, -0.2) is 29.8 Å². The Morgan fingerprint density at radius 3 is 2.64 bits per heavy atom. The number of esters is 1. The third-order valence-corrected chi connectivity index (χ3v) is 5.24. The Hall–Kier alpha value is -2.01. The smallest absolute Gasteiger partial charge is 0.316 e. The van der Waals surface area contributed by atoms with Crippen molar-refractivity contribution in [2.45, 2.75) is 25.7 Å². The molecule has 8 heteroatoms. The normalized spacial score (nSPS) is 23.1. The van der Waals surface area contributed by atoms with Gasteiger partial charge in [0.25, 0.3) is 0 Å². The molecule has 1 heterocycles. The number of carbonyl (C=O) groups is 2. The van der Waals surface area contributed by atoms with Crippen LogP contribution in [0.1, 0.15) is 25.7 Å². The minimum Gasteiger partial charge on any atom is -0.468 e. The van der Waals surface area contributed by atoms with Gasteiger partial charge < -0.3 is 16.2 Å². The number of methoxy groups -OCH3 is 1. The highest BCUT2D eigenvalue weighted by Crippen LogP contribution is 2.53. The van der Waals surface area contributed by atoms with Gasteiger partial charge in [0.05, 0.1) is 35.5 Å². The van der Waals surface area contributed by atoms with Crippen molar-refractivity contribution in [3.8, 4) is 6.07 Å². The predicted molar refractivity (Wildman–Crippen MR) is 82.3 cm³/mol. The number of aliphatic imine (C=N–C) groups is 1. The lowest BCUT2D eigenvalue weighted by atomic mass is 9.67. The van der Waals surface area contributed by atoms with E-state index in [0.29, 0.717) is 23.5 Å². The minimum absolute atomic E-state index is 0.0182. The summed E-state index contributed by atoms with van der Waals surface area (Å²) in [5.41, 5.74) is 11.2. The van der Waals surface area contributed by atoms with E-state index in [2.05, 4.69) is 15.8 Å². The predicted octanol–water partition coefficient (Wildman–Crippen LogP) is 0.660. The van der Waals surface area contributed by atoms with E-state index in [1.165, 1.54) is 7.11 Å². The number of hydrogen-bond donors (Lipinski definition) is 2. The van der Waals surface area contributed by atoms with Crippen LogP contribution in [0.3, 0.4) is 0 Å². The quantitative estimate of drug-likeness (QED) is 0.734. The summed E-state index contributed by atoms with van der Waals surface area (Å²) < 4.78 is 4.60. The number of ether oxygens (including phenoxy) is 1. The fourth-order valence-corrected chi connectivity index (χ4v) is 4.34. The lowest BCUT2D eigenvalue weighted by molar-refractivity contribution is -0.137. The zero-order valence-electron chi connectivity index (χ0n) is 12.3. The molecule has 1 amide bonds. The average Bonchev–Trinajstić information content (AvgIpc) is 2.93. The molecule has 2 rings (SSSR count). The van der Waals surface area contributed by atoms with E-state index in [9.17, 15) is 14.9 Å². The molecule has 0 radical (unpaired) electrons. The molecule has 1 fully saturated rings. The number of carbonyl (C=O) groups excluding carboxylic acids is 2. The number of allylic oxidation sites excluding steroid dienone is 1. The number of nitriles is 1. The van der Waals surface area contributed by atoms with Gasteiger partial charge in [-0.2, -0.15) is 5.26 Å². The highest BCUT2D eigenvalue weighted by molar-refractivity contribution is 8.14. The van der Waals surface area contributed by atoms with Crippen LogP contribution in [-0.2, 0) is 14.3 Å². The van der Waals surface area contributed by atoms with Gasteiger partial charge in [-0.25, -0.2) is 4.99 Å². The second-order valence-corrected chi connectivity index (χ2v) is 6.38. The average molecular weight is 322 g/mol. The molecule has 0 aromatic carbocycles. The summed E-state index contributed by atoms with van der Waals surface area (Å²) in [6.07, 6.45) is 3.14. The summed E-state index contributed by atoms with van der Waals surface area (Å²) in [5, 5.41) is 9.84.